The average molecular weight is 322 g/mol. The first-order valence-corrected chi connectivity index (χ1v) is 8.22. The van der Waals surface area contributed by atoms with Crippen molar-refractivity contribution in [2.24, 2.45) is 0 Å². The summed E-state index contributed by atoms with van der Waals surface area (Å²) in [5, 5.41) is 4.82. The van der Waals surface area contributed by atoms with Crippen LogP contribution >= 0.6 is 0 Å². The number of carbonyl (C=O) groups is 1. The fraction of sp³-hybridized carbons (Fsp3) is 0. The smallest absolute Gasteiger partial charge is 0.198 e. The van der Waals surface area contributed by atoms with Gasteiger partial charge in [-0.05, 0) is 12.1 Å². The summed E-state index contributed by atoms with van der Waals surface area (Å²) in [5.74, 6) is 0.0478. The third-order valence-corrected chi connectivity index (χ3v) is 4.59. The Morgan fingerprint density at radius 2 is 1.28 bits per heavy atom. The molecule has 0 bridgehead atoms. The Morgan fingerprint density at radius 1 is 0.680 bits per heavy atom. The predicted molar refractivity (Wildman–Crippen MR) is 97.9 cm³/mol. The Labute approximate surface area is 145 Å². The lowest BCUT2D eigenvalue weighted by Gasteiger charge is -2.06. The lowest BCUT2D eigenvalue weighted by atomic mass is 10.0. The Hall–Kier alpha value is -3.46. The van der Waals surface area contributed by atoms with Gasteiger partial charge >= 0.3 is 0 Å². The maximum Gasteiger partial charge on any atom is 0.198 e. The van der Waals surface area contributed by atoms with Gasteiger partial charge in [-0.25, -0.2) is 4.68 Å². The molecule has 1 heterocycles. The Balaban J connectivity index is 1.86. The van der Waals surface area contributed by atoms with Crippen LogP contribution in [0, 0.1) is 0 Å². The zero-order chi connectivity index (χ0) is 16.8. The first-order chi connectivity index (χ1) is 12.3. The predicted octanol–water partition coefficient (Wildman–Crippen LogP) is 4.75. The molecule has 0 aliphatic heterocycles. The van der Waals surface area contributed by atoms with E-state index in [-0.39, 0.29) is 5.78 Å². The molecule has 0 unspecified atom stereocenters. The van der Waals surface area contributed by atoms with Gasteiger partial charge in [-0.3, -0.25) is 4.79 Å². The van der Waals surface area contributed by atoms with Crippen molar-refractivity contribution < 1.29 is 4.79 Å². The second kappa shape index (κ2) is 5.28. The zero-order valence-electron chi connectivity index (χ0n) is 13.4. The topological polar surface area (TPSA) is 34.9 Å². The fourth-order valence-corrected chi connectivity index (χ4v) is 3.46. The van der Waals surface area contributed by atoms with Crippen LogP contribution in [0.5, 0.6) is 0 Å². The van der Waals surface area contributed by atoms with Crippen molar-refractivity contribution in [3.8, 4) is 28.2 Å². The van der Waals surface area contributed by atoms with E-state index in [9.17, 15) is 4.79 Å². The first kappa shape index (κ1) is 13.9. The molecular weight excluding hydrogens is 308 g/mol. The highest BCUT2D eigenvalue weighted by atomic mass is 16.1. The molecule has 0 atom stereocenters. The molecule has 3 heteroatoms. The van der Waals surface area contributed by atoms with Crippen LogP contribution in [-0.2, 0) is 0 Å². The minimum Gasteiger partial charge on any atom is -0.288 e. The molecule has 3 nitrogen and oxygen atoms in total. The number of nitrogens with zero attached hydrogens (tertiary/aromatic N) is 2. The summed E-state index contributed by atoms with van der Waals surface area (Å²) in [6.45, 7) is 0. The van der Waals surface area contributed by atoms with Gasteiger partial charge in [0.05, 0.1) is 16.9 Å². The minimum absolute atomic E-state index is 0.0478. The van der Waals surface area contributed by atoms with Crippen LogP contribution in [0.3, 0.4) is 0 Å². The Morgan fingerprint density at radius 3 is 2.00 bits per heavy atom. The highest BCUT2D eigenvalue weighted by Gasteiger charge is 2.35. The molecule has 0 saturated heterocycles. The maximum absolute atomic E-state index is 13.1. The lowest BCUT2D eigenvalue weighted by molar-refractivity contribution is 0.104. The van der Waals surface area contributed by atoms with Crippen molar-refractivity contribution in [3.05, 3.63) is 96.1 Å². The summed E-state index contributed by atoms with van der Waals surface area (Å²) >= 11 is 0. The highest BCUT2D eigenvalue weighted by molar-refractivity contribution is 6.24. The molecule has 3 aromatic carbocycles. The van der Waals surface area contributed by atoms with Crippen LogP contribution in [0.25, 0.3) is 28.2 Å². The van der Waals surface area contributed by atoms with Gasteiger partial charge in [-0.15, -0.1) is 0 Å². The third kappa shape index (κ3) is 1.99. The van der Waals surface area contributed by atoms with Crippen LogP contribution in [0.4, 0.5) is 0 Å². The molecule has 25 heavy (non-hydrogen) atoms. The largest absolute Gasteiger partial charge is 0.288 e. The summed E-state index contributed by atoms with van der Waals surface area (Å²) < 4.78 is 1.89. The summed E-state index contributed by atoms with van der Waals surface area (Å²) in [4.78, 5) is 13.1. The van der Waals surface area contributed by atoms with E-state index in [4.69, 9.17) is 5.10 Å². The SMILES string of the molecule is O=C1c2ccccc2-c2c1c(-c1ccccc1)nn2-c1ccccc1. The summed E-state index contributed by atoms with van der Waals surface area (Å²) in [7, 11) is 0. The molecule has 0 radical (unpaired) electrons. The van der Waals surface area contributed by atoms with E-state index < -0.39 is 0 Å². The number of para-hydroxylation sites is 1. The van der Waals surface area contributed by atoms with Crippen molar-refractivity contribution in [1.29, 1.82) is 0 Å². The molecule has 0 N–H and O–H groups in total. The molecule has 1 aromatic heterocycles. The van der Waals surface area contributed by atoms with Gasteiger partial charge in [-0.2, -0.15) is 5.10 Å². The molecule has 1 aliphatic rings. The average Bonchev–Trinajstić information content (AvgIpc) is 3.21. The maximum atomic E-state index is 13.1. The van der Waals surface area contributed by atoms with Gasteiger partial charge in [0, 0.05) is 16.7 Å². The quantitative estimate of drug-likeness (QED) is 0.470. The molecule has 0 spiro atoms. The van der Waals surface area contributed by atoms with Crippen molar-refractivity contribution in [3.63, 3.8) is 0 Å². The van der Waals surface area contributed by atoms with E-state index in [1.807, 2.05) is 89.6 Å². The number of fused-ring (bicyclic) bond motifs is 3. The number of aromatic nitrogens is 2. The van der Waals surface area contributed by atoms with Crippen LogP contribution in [0.2, 0.25) is 0 Å². The van der Waals surface area contributed by atoms with Gasteiger partial charge in [-0.1, -0.05) is 72.8 Å². The molecule has 1 aliphatic carbocycles. The number of ketones is 1. The summed E-state index contributed by atoms with van der Waals surface area (Å²) in [6, 6.07) is 27.6. The number of carbonyl (C=O) groups excluding carboxylic acids is 1. The van der Waals surface area contributed by atoms with Crippen LogP contribution in [-0.4, -0.2) is 15.6 Å². The molecule has 0 fully saturated rings. The highest BCUT2D eigenvalue weighted by Crippen LogP contribution is 2.42. The Kier molecular flexibility index (Phi) is 2.94. The molecule has 5 rings (SSSR count). The van der Waals surface area contributed by atoms with E-state index in [0.29, 0.717) is 5.56 Å². The second-order valence-electron chi connectivity index (χ2n) is 6.06. The number of rotatable bonds is 2. The molecular formula is C22H14N2O. The zero-order valence-corrected chi connectivity index (χ0v) is 13.4. The monoisotopic (exact) mass is 322 g/mol. The van der Waals surface area contributed by atoms with Gasteiger partial charge in [0.2, 0.25) is 0 Å². The van der Waals surface area contributed by atoms with Crippen LogP contribution in [0.1, 0.15) is 15.9 Å². The fourth-order valence-electron chi connectivity index (χ4n) is 3.46. The molecule has 0 amide bonds. The second-order valence-corrected chi connectivity index (χ2v) is 6.06. The van der Waals surface area contributed by atoms with Crippen LogP contribution in [0.15, 0.2) is 84.9 Å². The van der Waals surface area contributed by atoms with Gasteiger partial charge in [0.25, 0.3) is 0 Å². The standard InChI is InChI=1S/C22H14N2O/c25-22-18-14-8-7-13-17(18)21-19(22)20(15-9-3-1-4-10-15)23-24(21)16-11-5-2-6-12-16/h1-14H. The van der Waals surface area contributed by atoms with E-state index >= 15 is 0 Å². The summed E-state index contributed by atoms with van der Waals surface area (Å²) in [6.07, 6.45) is 0. The first-order valence-electron chi connectivity index (χ1n) is 8.22. The molecule has 118 valence electrons. The molecule has 0 saturated carbocycles. The van der Waals surface area contributed by atoms with E-state index in [0.717, 1.165) is 33.8 Å². The number of hydrogen-bond acceptors (Lipinski definition) is 2. The van der Waals surface area contributed by atoms with Crippen LogP contribution < -0.4 is 0 Å². The summed E-state index contributed by atoms with van der Waals surface area (Å²) in [5.41, 5.74) is 5.90. The van der Waals surface area contributed by atoms with Crippen molar-refractivity contribution in [2.45, 2.75) is 0 Å². The lowest BCUT2D eigenvalue weighted by Crippen LogP contribution is -2.00. The minimum atomic E-state index is 0.0478. The van der Waals surface area contributed by atoms with Gasteiger partial charge in [0.15, 0.2) is 5.78 Å². The third-order valence-electron chi connectivity index (χ3n) is 4.59. The number of benzene rings is 3. The van der Waals surface area contributed by atoms with E-state index in [2.05, 4.69) is 0 Å². The van der Waals surface area contributed by atoms with Crippen molar-refractivity contribution in [1.82, 2.24) is 9.78 Å². The molecule has 4 aromatic rings. The van der Waals surface area contributed by atoms with Gasteiger partial charge < -0.3 is 0 Å². The Bertz CT molecular complexity index is 1100. The van der Waals surface area contributed by atoms with Crippen molar-refractivity contribution in [2.75, 3.05) is 0 Å². The number of hydrogen-bond donors (Lipinski definition) is 0. The van der Waals surface area contributed by atoms with Crippen molar-refractivity contribution >= 4 is 5.78 Å². The van der Waals surface area contributed by atoms with Gasteiger partial charge in [0.1, 0.15) is 5.69 Å². The van der Waals surface area contributed by atoms with E-state index in [1.165, 1.54) is 0 Å². The normalized spacial score (nSPS) is 12.1. The van der Waals surface area contributed by atoms with E-state index in [1.54, 1.807) is 0 Å².